The van der Waals surface area contributed by atoms with Gasteiger partial charge in [-0.1, -0.05) is 74.7 Å². The molecule has 1 amide bonds. The van der Waals surface area contributed by atoms with Crippen molar-refractivity contribution in [1.82, 2.24) is 24.5 Å². The van der Waals surface area contributed by atoms with Gasteiger partial charge in [0, 0.05) is 71.7 Å². The molecule has 10 nitrogen and oxygen atoms in total. The van der Waals surface area contributed by atoms with Gasteiger partial charge in [0.05, 0.1) is 31.5 Å². The predicted molar refractivity (Wildman–Crippen MR) is 265 cm³/mol. The Morgan fingerprint density at radius 1 is 0.516 bits per heavy atom. The summed E-state index contributed by atoms with van der Waals surface area (Å²) in [5.74, 6) is 2.62. The minimum Gasteiger partial charge on any atom is -0.378 e. The van der Waals surface area contributed by atoms with Crippen molar-refractivity contribution in [2.75, 3.05) is 112 Å². The molecule has 4 heterocycles. The zero-order valence-electron chi connectivity index (χ0n) is 42.4. The molecule has 5 fully saturated rings. The van der Waals surface area contributed by atoms with Gasteiger partial charge in [0.1, 0.15) is 5.78 Å². The standard InChI is InChI=1S/C12H23NO.C11H22N2O.C10H21NO.C9H19NO.C9H18O.CH4/c1-11(2)10-12(14)6-9-13-7-4-3-5-8-13;1-10(2)4-5-11(14)13-8-6-12(3)7-9-13;1-10(2)12-9-8-11-6-4-3-5-7-11;1-9(2)11-8-7-10-5-3-4-6-10;1-8(2)7-10-9-5-3-4-6-9;/h11H,3-10H2,1-2H3;10H,4-9H2,1-3H3;10H,3-9H2,1-2H3;9H,3-8H2,1-2H3;8-9H,3-7H2,1-2H3;1H4. The van der Waals surface area contributed by atoms with Crippen LogP contribution in [0.4, 0.5) is 0 Å². The lowest BCUT2D eigenvalue weighted by Crippen LogP contribution is -2.47. The zero-order valence-corrected chi connectivity index (χ0v) is 42.4. The Morgan fingerprint density at radius 2 is 0.952 bits per heavy atom. The van der Waals surface area contributed by atoms with Crippen LogP contribution in [0.1, 0.15) is 179 Å². The number of likely N-dealkylation sites (N-methyl/N-ethyl adjacent to an activating group) is 1. The largest absolute Gasteiger partial charge is 0.378 e. The molecule has 0 aromatic carbocycles. The third kappa shape index (κ3) is 36.1. The van der Waals surface area contributed by atoms with E-state index in [2.05, 4.69) is 95.9 Å². The van der Waals surface area contributed by atoms with Crippen LogP contribution in [-0.2, 0) is 23.8 Å². The first-order chi connectivity index (χ1) is 29.1. The van der Waals surface area contributed by atoms with Gasteiger partial charge in [-0.25, -0.2) is 0 Å². The van der Waals surface area contributed by atoms with Crippen LogP contribution >= 0.6 is 0 Å². The maximum absolute atomic E-state index is 11.7. The molecule has 5 rings (SSSR count). The first kappa shape index (κ1) is 60.9. The number of hydrogen-bond donors (Lipinski definition) is 0. The Bertz CT molecular complexity index is 1010. The molecule has 0 bridgehead atoms. The Morgan fingerprint density at radius 3 is 1.35 bits per heavy atom. The molecule has 0 radical (unpaired) electrons. The van der Waals surface area contributed by atoms with Crippen molar-refractivity contribution in [3.63, 3.8) is 0 Å². The summed E-state index contributed by atoms with van der Waals surface area (Å²) in [6.45, 7) is 38.7. The fraction of sp³-hybridized carbons (Fsp3) is 0.962. The van der Waals surface area contributed by atoms with Gasteiger partial charge in [-0.15, -0.1) is 0 Å². The maximum atomic E-state index is 11.7. The normalized spacial score (nSPS) is 19.3. The SMILES string of the molecule is C.CC(C)CC(=O)CCN1CCCCC1.CC(C)CCC(=O)N1CCN(C)CC1.CC(C)COC1CCCC1.CC(C)OCCN1CCCC1.CC(C)OCCN1CCCCC1. The van der Waals surface area contributed by atoms with Crippen molar-refractivity contribution < 1.29 is 23.8 Å². The van der Waals surface area contributed by atoms with Crippen LogP contribution in [0.3, 0.4) is 0 Å². The van der Waals surface area contributed by atoms with Crippen molar-refractivity contribution in [1.29, 1.82) is 0 Å². The maximum Gasteiger partial charge on any atom is 0.222 e. The number of rotatable bonds is 19. The first-order valence-corrected chi connectivity index (χ1v) is 25.6. The fourth-order valence-corrected chi connectivity index (χ4v) is 8.06. The molecule has 10 heteroatoms. The van der Waals surface area contributed by atoms with Gasteiger partial charge in [-0.2, -0.15) is 0 Å². The van der Waals surface area contributed by atoms with Gasteiger partial charge in [-0.05, 0) is 150 Å². The van der Waals surface area contributed by atoms with Gasteiger partial charge in [-0.3, -0.25) is 9.59 Å². The van der Waals surface area contributed by atoms with Gasteiger partial charge in [0.15, 0.2) is 0 Å². The summed E-state index contributed by atoms with van der Waals surface area (Å²) in [5.41, 5.74) is 0. The zero-order chi connectivity index (χ0) is 45.3. The Kier molecular flexibility index (Phi) is 38.3. The van der Waals surface area contributed by atoms with Gasteiger partial charge >= 0.3 is 0 Å². The molecule has 0 aromatic rings. The number of nitrogens with zero attached hydrogens (tertiary/aromatic N) is 5. The second-order valence-electron chi connectivity index (χ2n) is 20.3. The molecular weight excluding hydrogens is 775 g/mol. The molecule has 0 atom stereocenters. The van der Waals surface area contributed by atoms with E-state index in [1.165, 1.54) is 116 Å². The van der Waals surface area contributed by atoms with Crippen LogP contribution in [0.15, 0.2) is 0 Å². The summed E-state index contributed by atoms with van der Waals surface area (Å²) in [6, 6.07) is 0. The molecule has 4 saturated heterocycles. The fourth-order valence-electron chi connectivity index (χ4n) is 8.06. The predicted octanol–water partition coefficient (Wildman–Crippen LogP) is 10.3. The minimum atomic E-state index is 0. The highest BCUT2D eigenvalue weighted by atomic mass is 16.5. The number of Topliss-reactive ketones (excluding diaryl/α,β-unsaturated/α-hetero) is 1. The average Bonchev–Trinajstić information content (AvgIpc) is 3.96. The summed E-state index contributed by atoms with van der Waals surface area (Å²) < 4.78 is 16.6. The smallest absolute Gasteiger partial charge is 0.222 e. The van der Waals surface area contributed by atoms with E-state index in [4.69, 9.17) is 14.2 Å². The van der Waals surface area contributed by atoms with Crippen LogP contribution in [0, 0.1) is 17.8 Å². The molecule has 0 N–H and O–H groups in total. The molecular formula is C52H107N5O5. The lowest BCUT2D eigenvalue weighted by molar-refractivity contribution is -0.133. The topological polar surface area (TPSA) is 78.0 Å². The van der Waals surface area contributed by atoms with E-state index in [-0.39, 0.29) is 7.43 Å². The molecule has 1 saturated carbocycles. The van der Waals surface area contributed by atoms with Gasteiger partial charge < -0.3 is 38.7 Å². The van der Waals surface area contributed by atoms with Gasteiger partial charge in [0.2, 0.25) is 5.91 Å². The Hall–Kier alpha value is -1.14. The summed E-state index contributed by atoms with van der Waals surface area (Å²) >= 11 is 0. The van der Waals surface area contributed by atoms with Crippen molar-refractivity contribution >= 4 is 11.7 Å². The Balaban J connectivity index is 0.000000751. The van der Waals surface area contributed by atoms with E-state index in [1.807, 2.05) is 4.90 Å². The molecule has 62 heavy (non-hydrogen) atoms. The van der Waals surface area contributed by atoms with Crippen LogP contribution in [0.5, 0.6) is 0 Å². The highest BCUT2D eigenvalue weighted by molar-refractivity contribution is 5.78. The number of carbonyl (C=O) groups excluding carboxylic acids is 2. The van der Waals surface area contributed by atoms with E-state index in [9.17, 15) is 9.59 Å². The van der Waals surface area contributed by atoms with E-state index >= 15 is 0 Å². The van der Waals surface area contributed by atoms with Crippen LogP contribution in [0.25, 0.3) is 0 Å². The highest BCUT2D eigenvalue weighted by Crippen LogP contribution is 2.21. The third-order valence-corrected chi connectivity index (χ3v) is 11.9. The molecule has 0 unspecified atom stereocenters. The summed E-state index contributed by atoms with van der Waals surface area (Å²) in [5, 5.41) is 0. The van der Waals surface area contributed by atoms with E-state index < -0.39 is 0 Å². The van der Waals surface area contributed by atoms with E-state index in [1.54, 1.807) is 0 Å². The van der Waals surface area contributed by atoms with Crippen molar-refractivity contribution in [2.24, 2.45) is 17.8 Å². The van der Waals surface area contributed by atoms with Crippen molar-refractivity contribution in [3.8, 4) is 0 Å². The first-order valence-electron chi connectivity index (χ1n) is 25.6. The number of amides is 1. The van der Waals surface area contributed by atoms with Crippen molar-refractivity contribution in [2.45, 2.75) is 198 Å². The molecule has 0 spiro atoms. The quantitative estimate of drug-likeness (QED) is 0.126. The lowest BCUT2D eigenvalue weighted by Gasteiger charge is -2.32. The number of carbonyl (C=O) groups is 2. The third-order valence-electron chi connectivity index (χ3n) is 11.9. The molecule has 5 aliphatic rings. The number of likely N-dealkylation sites (tertiary alicyclic amines) is 3. The monoisotopic (exact) mass is 882 g/mol. The van der Waals surface area contributed by atoms with E-state index in [0.29, 0.717) is 47.8 Å². The number of piperazine rings is 1. The van der Waals surface area contributed by atoms with E-state index in [0.717, 1.165) is 91.3 Å². The number of piperidine rings is 2. The summed E-state index contributed by atoms with van der Waals surface area (Å²) in [6.07, 6.45) is 20.9. The molecule has 370 valence electrons. The van der Waals surface area contributed by atoms with Crippen LogP contribution in [-0.4, -0.2) is 166 Å². The van der Waals surface area contributed by atoms with Gasteiger partial charge in [0.25, 0.3) is 0 Å². The highest BCUT2D eigenvalue weighted by Gasteiger charge is 2.19. The number of ether oxygens (including phenoxy) is 3. The molecule has 4 aliphatic heterocycles. The minimum absolute atomic E-state index is 0. The second-order valence-corrected chi connectivity index (χ2v) is 20.3. The summed E-state index contributed by atoms with van der Waals surface area (Å²) in [4.78, 5) is 34.9. The Labute approximate surface area is 386 Å². The number of hydrogen-bond acceptors (Lipinski definition) is 9. The molecule has 1 aliphatic carbocycles. The van der Waals surface area contributed by atoms with Crippen LogP contribution in [0.2, 0.25) is 0 Å². The molecule has 0 aromatic heterocycles. The van der Waals surface area contributed by atoms with Crippen LogP contribution < -0.4 is 0 Å². The van der Waals surface area contributed by atoms with Crippen molar-refractivity contribution in [3.05, 3.63) is 0 Å². The summed E-state index contributed by atoms with van der Waals surface area (Å²) in [7, 11) is 2.11. The lowest BCUT2D eigenvalue weighted by atomic mass is 10.0. The second kappa shape index (κ2) is 39.1. The number of ketones is 1. The average molecular weight is 882 g/mol.